The van der Waals surface area contributed by atoms with Crippen LogP contribution in [-0.2, 0) is 0 Å². The first kappa shape index (κ1) is 11.0. The van der Waals surface area contributed by atoms with Crippen LogP contribution in [0.4, 0.5) is 0 Å². The van der Waals surface area contributed by atoms with Crippen molar-refractivity contribution in [3.8, 4) is 0 Å². The highest BCUT2D eigenvalue weighted by molar-refractivity contribution is 4.67. The molecule has 0 unspecified atom stereocenters. The van der Waals surface area contributed by atoms with E-state index in [-0.39, 0.29) is 0 Å². The summed E-state index contributed by atoms with van der Waals surface area (Å²) >= 11 is 0. The first-order valence-corrected chi connectivity index (χ1v) is 5.93. The van der Waals surface area contributed by atoms with E-state index in [1.165, 1.54) is 51.5 Å². The van der Waals surface area contributed by atoms with Crippen LogP contribution in [0, 0.1) is 12.8 Å². The zero-order valence-corrected chi connectivity index (χ0v) is 8.86. The molecule has 1 aliphatic rings. The SMILES string of the molecule is [CH2]CCNCCCCC1CCCC1. The Hall–Kier alpha value is -0.0400. The maximum absolute atomic E-state index is 3.80. The summed E-state index contributed by atoms with van der Waals surface area (Å²) in [6.45, 7) is 6.09. The summed E-state index contributed by atoms with van der Waals surface area (Å²) in [6.07, 6.45) is 11.3. The van der Waals surface area contributed by atoms with Crippen molar-refractivity contribution in [1.29, 1.82) is 0 Å². The lowest BCUT2D eigenvalue weighted by molar-refractivity contribution is 0.467. The van der Waals surface area contributed by atoms with Crippen molar-refractivity contribution in [3.63, 3.8) is 0 Å². The Morgan fingerprint density at radius 3 is 2.54 bits per heavy atom. The van der Waals surface area contributed by atoms with Crippen LogP contribution in [0.25, 0.3) is 0 Å². The molecule has 1 fully saturated rings. The van der Waals surface area contributed by atoms with Crippen molar-refractivity contribution in [3.05, 3.63) is 6.92 Å². The van der Waals surface area contributed by atoms with Crippen LogP contribution in [0.3, 0.4) is 0 Å². The van der Waals surface area contributed by atoms with Gasteiger partial charge in [0.15, 0.2) is 0 Å². The van der Waals surface area contributed by atoms with Crippen LogP contribution < -0.4 is 5.32 Å². The summed E-state index contributed by atoms with van der Waals surface area (Å²) in [6, 6.07) is 0. The van der Waals surface area contributed by atoms with Gasteiger partial charge in [0.25, 0.3) is 0 Å². The van der Waals surface area contributed by atoms with E-state index < -0.39 is 0 Å². The van der Waals surface area contributed by atoms with Gasteiger partial charge in [-0.15, -0.1) is 0 Å². The van der Waals surface area contributed by atoms with Gasteiger partial charge in [-0.25, -0.2) is 0 Å². The molecule has 13 heavy (non-hydrogen) atoms. The summed E-state index contributed by atoms with van der Waals surface area (Å²) in [7, 11) is 0. The summed E-state index contributed by atoms with van der Waals surface area (Å²) in [5.41, 5.74) is 0. The first-order valence-electron chi connectivity index (χ1n) is 5.93. The van der Waals surface area contributed by atoms with Gasteiger partial charge in [-0.2, -0.15) is 0 Å². The van der Waals surface area contributed by atoms with Gasteiger partial charge in [-0.1, -0.05) is 45.4 Å². The average molecular weight is 182 g/mol. The van der Waals surface area contributed by atoms with Crippen LogP contribution in [0.2, 0.25) is 0 Å². The summed E-state index contributed by atoms with van der Waals surface area (Å²) in [5.74, 6) is 1.08. The van der Waals surface area contributed by atoms with E-state index in [2.05, 4.69) is 12.2 Å². The fourth-order valence-corrected chi connectivity index (χ4v) is 2.23. The third-order valence-corrected chi connectivity index (χ3v) is 3.04. The Bertz CT molecular complexity index is 106. The van der Waals surface area contributed by atoms with E-state index in [4.69, 9.17) is 0 Å². The molecular weight excluding hydrogens is 158 g/mol. The molecule has 0 amide bonds. The normalized spacial score (nSPS) is 18.2. The van der Waals surface area contributed by atoms with Crippen molar-refractivity contribution in [2.75, 3.05) is 13.1 Å². The highest BCUT2D eigenvalue weighted by Crippen LogP contribution is 2.28. The minimum absolute atomic E-state index is 1.02. The molecule has 1 radical (unpaired) electrons. The van der Waals surface area contributed by atoms with Gasteiger partial charge in [0.05, 0.1) is 0 Å². The number of nitrogens with one attached hydrogen (secondary N) is 1. The van der Waals surface area contributed by atoms with Crippen molar-refractivity contribution in [2.24, 2.45) is 5.92 Å². The minimum atomic E-state index is 1.02. The largest absolute Gasteiger partial charge is 0.317 e. The van der Waals surface area contributed by atoms with Crippen LogP contribution >= 0.6 is 0 Å². The predicted octanol–water partition coefficient (Wildman–Crippen LogP) is 3.16. The zero-order valence-electron chi connectivity index (χ0n) is 8.86. The molecule has 0 aromatic carbocycles. The minimum Gasteiger partial charge on any atom is -0.317 e. The number of hydrogen-bond donors (Lipinski definition) is 1. The summed E-state index contributed by atoms with van der Waals surface area (Å²) < 4.78 is 0. The second-order valence-electron chi connectivity index (χ2n) is 4.25. The van der Waals surface area contributed by atoms with E-state index in [0.717, 1.165) is 18.9 Å². The molecule has 0 aromatic heterocycles. The van der Waals surface area contributed by atoms with E-state index in [9.17, 15) is 0 Å². The monoisotopic (exact) mass is 182 g/mol. The molecule has 0 spiro atoms. The smallest absolute Gasteiger partial charge is 0.00489 e. The lowest BCUT2D eigenvalue weighted by atomic mass is 10.0. The average Bonchev–Trinajstić information content (AvgIpc) is 2.63. The quantitative estimate of drug-likeness (QED) is 0.596. The molecule has 0 bridgehead atoms. The third kappa shape index (κ3) is 5.30. The molecule has 0 aliphatic heterocycles. The van der Waals surface area contributed by atoms with Gasteiger partial charge in [0.1, 0.15) is 0 Å². The van der Waals surface area contributed by atoms with Crippen molar-refractivity contribution < 1.29 is 0 Å². The lowest BCUT2D eigenvalue weighted by Gasteiger charge is -2.08. The van der Waals surface area contributed by atoms with Gasteiger partial charge in [0, 0.05) is 0 Å². The molecule has 1 aliphatic carbocycles. The van der Waals surface area contributed by atoms with Crippen LogP contribution in [-0.4, -0.2) is 13.1 Å². The van der Waals surface area contributed by atoms with Crippen LogP contribution in [0.1, 0.15) is 51.4 Å². The van der Waals surface area contributed by atoms with E-state index in [0.29, 0.717) is 0 Å². The van der Waals surface area contributed by atoms with Crippen molar-refractivity contribution in [2.45, 2.75) is 51.4 Å². The molecule has 0 saturated heterocycles. The molecule has 1 heteroatoms. The summed E-state index contributed by atoms with van der Waals surface area (Å²) in [5, 5.41) is 3.40. The Kier molecular flexibility index (Phi) is 6.26. The second kappa shape index (κ2) is 7.37. The molecular formula is C12H24N. The predicted molar refractivity (Wildman–Crippen MR) is 58.7 cm³/mol. The molecule has 1 nitrogen and oxygen atoms in total. The number of unbranched alkanes of at least 4 members (excludes halogenated alkanes) is 1. The van der Waals surface area contributed by atoms with E-state index in [1.54, 1.807) is 0 Å². The summed E-state index contributed by atoms with van der Waals surface area (Å²) in [4.78, 5) is 0. The van der Waals surface area contributed by atoms with Gasteiger partial charge in [-0.3, -0.25) is 0 Å². The highest BCUT2D eigenvalue weighted by atomic mass is 14.8. The van der Waals surface area contributed by atoms with Gasteiger partial charge < -0.3 is 5.32 Å². The van der Waals surface area contributed by atoms with Gasteiger partial charge in [-0.05, 0) is 31.8 Å². The zero-order chi connectivity index (χ0) is 9.36. The van der Waals surface area contributed by atoms with Gasteiger partial charge >= 0.3 is 0 Å². The van der Waals surface area contributed by atoms with Crippen molar-refractivity contribution in [1.82, 2.24) is 5.32 Å². The Morgan fingerprint density at radius 2 is 1.85 bits per heavy atom. The van der Waals surface area contributed by atoms with E-state index >= 15 is 0 Å². The topological polar surface area (TPSA) is 12.0 Å². The fraction of sp³-hybridized carbons (Fsp3) is 0.917. The maximum atomic E-state index is 3.80. The Labute approximate surface area is 83.3 Å². The molecule has 77 valence electrons. The third-order valence-electron chi connectivity index (χ3n) is 3.04. The first-order chi connectivity index (χ1) is 6.43. The molecule has 0 heterocycles. The molecule has 1 rings (SSSR count). The Balaban J connectivity index is 1.78. The van der Waals surface area contributed by atoms with Gasteiger partial charge in [0.2, 0.25) is 0 Å². The molecule has 1 N–H and O–H groups in total. The standard InChI is InChI=1S/C12H24N/c1-2-10-13-11-6-5-9-12-7-3-4-8-12/h12-13H,1-11H2. The molecule has 0 atom stereocenters. The van der Waals surface area contributed by atoms with Crippen molar-refractivity contribution >= 4 is 0 Å². The fourth-order valence-electron chi connectivity index (χ4n) is 2.23. The Morgan fingerprint density at radius 1 is 1.08 bits per heavy atom. The molecule has 0 aromatic rings. The second-order valence-corrected chi connectivity index (χ2v) is 4.25. The maximum Gasteiger partial charge on any atom is -0.00489 e. The lowest BCUT2D eigenvalue weighted by Crippen LogP contribution is -2.15. The molecule has 1 saturated carbocycles. The van der Waals surface area contributed by atoms with Crippen LogP contribution in [0.15, 0.2) is 0 Å². The number of hydrogen-bond acceptors (Lipinski definition) is 1. The number of rotatable bonds is 7. The van der Waals surface area contributed by atoms with Crippen LogP contribution in [0.5, 0.6) is 0 Å². The highest BCUT2D eigenvalue weighted by Gasteiger charge is 2.13. The van der Waals surface area contributed by atoms with E-state index in [1.807, 2.05) is 0 Å².